The van der Waals surface area contributed by atoms with Crippen molar-refractivity contribution in [1.29, 1.82) is 0 Å². The third-order valence-electron chi connectivity index (χ3n) is 2.02. The minimum atomic E-state index is 1.28. The van der Waals surface area contributed by atoms with Gasteiger partial charge in [-0.2, -0.15) is 0 Å². The van der Waals surface area contributed by atoms with Crippen LogP contribution in [-0.4, -0.2) is 0 Å². The van der Waals surface area contributed by atoms with E-state index in [1.165, 1.54) is 31.3 Å². The highest BCUT2D eigenvalue weighted by atomic mass is 14.1. The normalized spacial score (nSPS) is 18.2. The van der Waals surface area contributed by atoms with Gasteiger partial charge in [0.05, 0.1) is 0 Å². The van der Waals surface area contributed by atoms with Crippen LogP contribution in [0.15, 0.2) is 23.3 Å². The Hall–Kier alpha value is -0.520. The second-order valence-electron chi connectivity index (χ2n) is 3.09. The summed E-state index contributed by atoms with van der Waals surface area (Å²) in [5.41, 5.74) is 3.16. The second kappa shape index (κ2) is 3.60. The lowest BCUT2D eigenvalue weighted by molar-refractivity contribution is 0.802. The van der Waals surface area contributed by atoms with E-state index >= 15 is 0 Å². The molecule has 0 aromatic rings. The Morgan fingerprint density at radius 1 is 1.30 bits per heavy atom. The molecule has 0 saturated carbocycles. The van der Waals surface area contributed by atoms with E-state index in [-0.39, 0.29) is 0 Å². The molecule has 0 heterocycles. The molecule has 0 spiro atoms. The molecule has 0 aromatic heterocycles. The smallest absolute Gasteiger partial charge is 0.0280 e. The molecule has 0 saturated heterocycles. The molecule has 0 fully saturated rings. The molecule has 0 atom stereocenters. The van der Waals surface area contributed by atoms with Crippen LogP contribution >= 0.6 is 0 Å². The largest absolute Gasteiger partial charge is 0.0730 e. The molecule has 56 valence electrons. The van der Waals surface area contributed by atoms with Gasteiger partial charge in [0.25, 0.3) is 0 Å². The fourth-order valence-corrected chi connectivity index (χ4v) is 1.31. The van der Waals surface area contributed by atoms with Crippen molar-refractivity contribution in [3.63, 3.8) is 0 Å². The molecule has 0 heteroatoms. The quantitative estimate of drug-likeness (QED) is 0.545. The molecule has 0 aromatic carbocycles. The molecule has 0 unspecified atom stereocenters. The van der Waals surface area contributed by atoms with E-state index in [9.17, 15) is 0 Å². The third-order valence-corrected chi connectivity index (χ3v) is 2.02. The SMILES string of the molecule is CCCC1=CC=C(C)CC1. The van der Waals surface area contributed by atoms with Crippen molar-refractivity contribution < 1.29 is 0 Å². The molecular weight excluding hydrogens is 120 g/mol. The summed E-state index contributed by atoms with van der Waals surface area (Å²) >= 11 is 0. The molecule has 0 aliphatic heterocycles. The predicted molar refractivity (Wildman–Crippen MR) is 46.0 cm³/mol. The van der Waals surface area contributed by atoms with Gasteiger partial charge in [-0.1, -0.05) is 36.6 Å². The standard InChI is InChI=1S/C10H16/c1-3-4-10-7-5-9(2)6-8-10/h5,7H,3-4,6,8H2,1-2H3. The highest BCUT2D eigenvalue weighted by molar-refractivity contribution is 5.22. The lowest BCUT2D eigenvalue weighted by atomic mass is 9.97. The third kappa shape index (κ3) is 2.02. The van der Waals surface area contributed by atoms with E-state index in [0.29, 0.717) is 0 Å². The zero-order valence-corrected chi connectivity index (χ0v) is 6.98. The summed E-state index contributed by atoms with van der Waals surface area (Å²) in [4.78, 5) is 0. The minimum Gasteiger partial charge on any atom is -0.0730 e. The van der Waals surface area contributed by atoms with Crippen molar-refractivity contribution in [3.05, 3.63) is 23.3 Å². The molecule has 1 aliphatic carbocycles. The van der Waals surface area contributed by atoms with Crippen LogP contribution in [0.3, 0.4) is 0 Å². The van der Waals surface area contributed by atoms with Gasteiger partial charge in [0.15, 0.2) is 0 Å². The van der Waals surface area contributed by atoms with Crippen molar-refractivity contribution in [3.8, 4) is 0 Å². The molecule has 0 N–H and O–H groups in total. The van der Waals surface area contributed by atoms with Crippen molar-refractivity contribution >= 4 is 0 Å². The first-order chi connectivity index (χ1) is 4.83. The Morgan fingerprint density at radius 2 is 2.10 bits per heavy atom. The molecule has 0 radical (unpaired) electrons. The van der Waals surface area contributed by atoms with Gasteiger partial charge in [0.1, 0.15) is 0 Å². The van der Waals surface area contributed by atoms with E-state index in [1.54, 1.807) is 5.57 Å². The number of rotatable bonds is 2. The summed E-state index contributed by atoms with van der Waals surface area (Å²) in [6.45, 7) is 4.45. The Kier molecular flexibility index (Phi) is 2.73. The zero-order valence-electron chi connectivity index (χ0n) is 6.98. The summed E-state index contributed by atoms with van der Waals surface area (Å²) in [5, 5.41) is 0. The van der Waals surface area contributed by atoms with Crippen LogP contribution in [0, 0.1) is 0 Å². The van der Waals surface area contributed by atoms with E-state index < -0.39 is 0 Å². The highest BCUT2D eigenvalue weighted by Gasteiger charge is 2.00. The highest BCUT2D eigenvalue weighted by Crippen LogP contribution is 2.20. The van der Waals surface area contributed by atoms with E-state index in [0.717, 1.165) is 0 Å². The van der Waals surface area contributed by atoms with Crippen molar-refractivity contribution in [2.24, 2.45) is 0 Å². The van der Waals surface area contributed by atoms with Crippen LogP contribution in [0.25, 0.3) is 0 Å². The Labute approximate surface area is 63.6 Å². The molecule has 10 heavy (non-hydrogen) atoms. The second-order valence-corrected chi connectivity index (χ2v) is 3.09. The van der Waals surface area contributed by atoms with Crippen LogP contribution in [0.2, 0.25) is 0 Å². The van der Waals surface area contributed by atoms with E-state index in [1.807, 2.05) is 0 Å². The fourth-order valence-electron chi connectivity index (χ4n) is 1.31. The van der Waals surface area contributed by atoms with Crippen LogP contribution in [0.1, 0.15) is 39.5 Å². The van der Waals surface area contributed by atoms with Crippen LogP contribution in [0.4, 0.5) is 0 Å². The fraction of sp³-hybridized carbons (Fsp3) is 0.600. The first-order valence-corrected chi connectivity index (χ1v) is 4.18. The first-order valence-electron chi connectivity index (χ1n) is 4.18. The molecule has 1 aliphatic rings. The van der Waals surface area contributed by atoms with Gasteiger partial charge in [-0.3, -0.25) is 0 Å². The summed E-state index contributed by atoms with van der Waals surface area (Å²) in [6, 6.07) is 0. The Bertz CT molecular complexity index is 157. The van der Waals surface area contributed by atoms with Crippen molar-refractivity contribution in [1.82, 2.24) is 0 Å². The van der Waals surface area contributed by atoms with Crippen molar-refractivity contribution in [2.75, 3.05) is 0 Å². The molecule has 0 amide bonds. The van der Waals surface area contributed by atoms with Gasteiger partial charge in [0, 0.05) is 0 Å². The predicted octanol–water partition coefficient (Wildman–Crippen LogP) is 3.45. The average Bonchev–Trinajstić information content (AvgIpc) is 1.95. The van der Waals surface area contributed by atoms with Gasteiger partial charge >= 0.3 is 0 Å². The van der Waals surface area contributed by atoms with Gasteiger partial charge < -0.3 is 0 Å². The summed E-state index contributed by atoms with van der Waals surface area (Å²) in [5.74, 6) is 0. The van der Waals surface area contributed by atoms with Gasteiger partial charge in [-0.25, -0.2) is 0 Å². The molecular formula is C10H16. The number of hydrogen-bond donors (Lipinski definition) is 0. The van der Waals surface area contributed by atoms with Gasteiger partial charge in [0.2, 0.25) is 0 Å². The first kappa shape index (κ1) is 7.59. The number of hydrogen-bond acceptors (Lipinski definition) is 0. The Balaban J connectivity index is 2.47. The minimum absolute atomic E-state index is 1.28. The lowest BCUT2D eigenvalue weighted by Gasteiger charge is -2.10. The monoisotopic (exact) mass is 136 g/mol. The Morgan fingerprint density at radius 3 is 2.60 bits per heavy atom. The molecule has 0 bridgehead atoms. The summed E-state index contributed by atoms with van der Waals surface area (Å²) in [7, 11) is 0. The topological polar surface area (TPSA) is 0 Å². The maximum Gasteiger partial charge on any atom is -0.0280 e. The average molecular weight is 136 g/mol. The van der Waals surface area contributed by atoms with Crippen molar-refractivity contribution in [2.45, 2.75) is 39.5 Å². The number of allylic oxidation sites excluding steroid dienone is 4. The maximum atomic E-state index is 2.29. The molecule has 0 nitrogen and oxygen atoms in total. The maximum absolute atomic E-state index is 2.29. The lowest BCUT2D eigenvalue weighted by Crippen LogP contribution is -1.90. The summed E-state index contributed by atoms with van der Waals surface area (Å²) < 4.78 is 0. The molecule has 1 rings (SSSR count). The van der Waals surface area contributed by atoms with Crippen LogP contribution in [0.5, 0.6) is 0 Å². The van der Waals surface area contributed by atoms with E-state index in [2.05, 4.69) is 26.0 Å². The van der Waals surface area contributed by atoms with Gasteiger partial charge in [-0.05, 0) is 26.2 Å². The van der Waals surface area contributed by atoms with E-state index in [4.69, 9.17) is 0 Å². The zero-order chi connectivity index (χ0) is 7.40. The van der Waals surface area contributed by atoms with Crippen LogP contribution in [-0.2, 0) is 0 Å². The van der Waals surface area contributed by atoms with Gasteiger partial charge in [-0.15, -0.1) is 0 Å². The summed E-state index contributed by atoms with van der Waals surface area (Å²) in [6.07, 6.45) is 9.72. The van der Waals surface area contributed by atoms with Crippen LogP contribution < -0.4 is 0 Å².